The van der Waals surface area contributed by atoms with Gasteiger partial charge in [0.25, 0.3) is 0 Å². The summed E-state index contributed by atoms with van der Waals surface area (Å²) < 4.78 is 0. The van der Waals surface area contributed by atoms with E-state index in [1.165, 1.54) is 24.9 Å². The predicted octanol–water partition coefficient (Wildman–Crippen LogP) is 1.48. The molecule has 2 N–H and O–H groups in total. The van der Waals surface area contributed by atoms with E-state index in [4.69, 9.17) is 0 Å². The summed E-state index contributed by atoms with van der Waals surface area (Å²) in [6.07, 6.45) is 6.27. The molecule has 0 saturated carbocycles. The summed E-state index contributed by atoms with van der Waals surface area (Å²) in [5.74, 6) is 0. The van der Waals surface area contributed by atoms with Crippen molar-refractivity contribution >= 4 is 0 Å². The summed E-state index contributed by atoms with van der Waals surface area (Å²) in [4.78, 5) is 4.03. The minimum Gasteiger partial charge on any atom is -0.315 e. The first-order chi connectivity index (χ1) is 7.36. The van der Waals surface area contributed by atoms with Crippen LogP contribution in [0.25, 0.3) is 0 Å². The molecule has 15 heavy (non-hydrogen) atoms. The van der Waals surface area contributed by atoms with Crippen LogP contribution in [0.4, 0.5) is 0 Å². The van der Waals surface area contributed by atoms with E-state index >= 15 is 0 Å². The molecule has 1 aromatic heterocycles. The largest absolute Gasteiger partial charge is 0.315 e. The van der Waals surface area contributed by atoms with Gasteiger partial charge in [0.05, 0.1) is 0 Å². The van der Waals surface area contributed by atoms with Crippen LogP contribution < -0.4 is 10.6 Å². The maximum Gasteiger partial charge on any atom is 0.0296 e. The highest BCUT2D eigenvalue weighted by molar-refractivity contribution is 5.14. The van der Waals surface area contributed by atoms with E-state index in [1.807, 2.05) is 12.4 Å². The van der Waals surface area contributed by atoms with Gasteiger partial charge in [0.15, 0.2) is 0 Å². The smallest absolute Gasteiger partial charge is 0.0296 e. The molecule has 2 heterocycles. The van der Waals surface area contributed by atoms with E-state index in [1.54, 1.807) is 0 Å². The van der Waals surface area contributed by atoms with Crippen molar-refractivity contribution in [2.75, 3.05) is 13.1 Å². The Kier molecular flexibility index (Phi) is 3.69. The van der Waals surface area contributed by atoms with Crippen molar-refractivity contribution in [1.82, 2.24) is 15.6 Å². The molecule has 3 nitrogen and oxygen atoms in total. The summed E-state index contributed by atoms with van der Waals surface area (Å²) in [5, 5.41) is 7.06. The van der Waals surface area contributed by atoms with Crippen LogP contribution >= 0.6 is 0 Å². The lowest BCUT2D eigenvalue weighted by Crippen LogP contribution is -2.43. The van der Waals surface area contributed by atoms with E-state index < -0.39 is 0 Å². The van der Waals surface area contributed by atoms with Crippen molar-refractivity contribution < 1.29 is 0 Å². The first-order valence-corrected chi connectivity index (χ1v) is 5.73. The molecule has 1 unspecified atom stereocenters. The van der Waals surface area contributed by atoms with E-state index in [2.05, 4.69) is 34.7 Å². The monoisotopic (exact) mass is 205 g/mol. The number of nitrogens with zero attached hydrogens (tertiary/aromatic N) is 1. The number of piperidine rings is 1. The molecule has 1 saturated heterocycles. The summed E-state index contributed by atoms with van der Waals surface area (Å²) in [7, 11) is 0. The Morgan fingerprint density at radius 2 is 2.27 bits per heavy atom. The molecule has 0 radical (unpaired) electrons. The SMILES string of the molecule is C[C@H](NC1CCCNC1)c1ccncc1. The topological polar surface area (TPSA) is 37.0 Å². The molecule has 1 aliphatic heterocycles. The van der Waals surface area contributed by atoms with Gasteiger partial charge in [-0.1, -0.05) is 0 Å². The van der Waals surface area contributed by atoms with Crippen LogP contribution in [0.1, 0.15) is 31.4 Å². The van der Waals surface area contributed by atoms with Crippen molar-refractivity contribution in [2.45, 2.75) is 31.8 Å². The third kappa shape index (κ3) is 3.01. The van der Waals surface area contributed by atoms with Gasteiger partial charge in [-0.25, -0.2) is 0 Å². The molecular formula is C12H19N3. The molecule has 0 aliphatic carbocycles. The molecule has 82 valence electrons. The Bertz CT molecular complexity index is 280. The number of pyridine rings is 1. The van der Waals surface area contributed by atoms with Crippen LogP contribution in [0.15, 0.2) is 24.5 Å². The van der Waals surface area contributed by atoms with Gasteiger partial charge in [0.1, 0.15) is 0 Å². The van der Waals surface area contributed by atoms with Crippen molar-refractivity contribution in [3.05, 3.63) is 30.1 Å². The summed E-state index contributed by atoms with van der Waals surface area (Å²) in [6, 6.07) is 5.18. The number of aromatic nitrogens is 1. The molecule has 0 aromatic carbocycles. The zero-order chi connectivity index (χ0) is 10.5. The highest BCUT2D eigenvalue weighted by Crippen LogP contribution is 2.13. The molecular weight excluding hydrogens is 186 g/mol. The molecule has 1 aromatic rings. The fourth-order valence-electron chi connectivity index (χ4n) is 2.10. The van der Waals surface area contributed by atoms with Crippen LogP contribution in [0.3, 0.4) is 0 Å². The number of hydrogen-bond donors (Lipinski definition) is 2. The van der Waals surface area contributed by atoms with Crippen molar-refractivity contribution in [3.63, 3.8) is 0 Å². The number of rotatable bonds is 3. The average Bonchev–Trinajstić information content (AvgIpc) is 2.31. The second-order valence-corrected chi connectivity index (χ2v) is 4.21. The quantitative estimate of drug-likeness (QED) is 0.785. The van der Waals surface area contributed by atoms with Gasteiger partial charge in [0.2, 0.25) is 0 Å². The van der Waals surface area contributed by atoms with Crippen LogP contribution in [0.5, 0.6) is 0 Å². The highest BCUT2D eigenvalue weighted by atomic mass is 15.0. The third-order valence-electron chi connectivity index (χ3n) is 2.99. The molecule has 2 atom stereocenters. The van der Waals surface area contributed by atoms with Gasteiger partial charge in [-0.15, -0.1) is 0 Å². The second kappa shape index (κ2) is 5.24. The van der Waals surface area contributed by atoms with E-state index in [0.717, 1.165) is 6.54 Å². The van der Waals surface area contributed by atoms with Crippen LogP contribution in [0, 0.1) is 0 Å². The Balaban J connectivity index is 1.88. The first kappa shape index (κ1) is 10.6. The highest BCUT2D eigenvalue weighted by Gasteiger charge is 2.15. The first-order valence-electron chi connectivity index (χ1n) is 5.73. The van der Waals surface area contributed by atoms with Crippen LogP contribution in [-0.2, 0) is 0 Å². The minimum absolute atomic E-state index is 0.415. The fraction of sp³-hybridized carbons (Fsp3) is 0.583. The van der Waals surface area contributed by atoms with Gasteiger partial charge in [-0.3, -0.25) is 4.98 Å². The van der Waals surface area contributed by atoms with E-state index in [0.29, 0.717) is 12.1 Å². The molecule has 0 spiro atoms. The Hall–Kier alpha value is -0.930. The minimum atomic E-state index is 0.415. The average molecular weight is 205 g/mol. The van der Waals surface area contributed by atoms with E-state index in [-0.39, 0.29) is 0 Å². The van der Waals surface area contributed by atoms with Gasteiger partial charge in [0, 0.05) is 31.0 Å². The lowest BCUT2D eigenvalue weighted by molar-refractivity contribution is 0.362. The van der Waals surface area contributed by atoms with Gasteiger partial charge >= 0.3 is 0 Å². The van der Waals surface area contributed by atoms with Crippen LogP contribution in [0.2, 0.25) is 0 Å². The zero-order valence-electron chi connectivity index (χ0n) is 9.24. The lowest BCUT2D eigenvalue weighted by atomic mass is 10.0. The van der Waals surface area contributed by atoms with Gasteiger partial charge in [-0.2, -0.15) is 0 Å². The Labute approximate surface area is 91.3 Å². The molecule has 2 rings (SSSR count). The molecule has 0 bridgehead atoms. The van der Waals surface area contributed by atoms with Gasteiger partial charge in [-0.05, 0) is 44.0 Å². The second-order valence-electron chi connectivity index (χ2n) is 4.21. The van der Waals surface area contributed by atoms with Crippen LogP contribution in [-0.4, -0.2) is 24.1 Å². The number of hydrogen-bond acceptors (Lipinski definition) is 3. The third-order valence-corrected chi connectivity index (χ3v) is 2.99. The van der Waals surface area contributed by atoms with Crippen molar-refractivity contribution in [1.29, 1.82) is 0 Å². The lowest BCUT2D eigenvalue weighted by Gasteiger charge is -2.27. The van der Waals surface area contributed by atoms with E-state index in [9.17, 15) is 0 Å². The molecule has 0 amide bonds. The maximum absolute atomic E-state index is 4.03. The normalized spacial score (nSPS) is 23.7. The standard InChI is InChI=1S/C12H19N3/c1-10(11-4-7-13-8-5-11)15-12-3-2-6-14-9-12/h4-5,7-8,10,12,14-15H,2-3,6,9H2,1H3/t10-,12?/m0/s1. The molecule has 3 heteroatoms. The van der Waals surface area contributed by atoms with Crippen molar-refractivity contribution in [3.8, 4) is 0 Å². The van der Waals surface area contributed by atoms with Gasteiger partial charge < -0.3 is 10.6 Å². The Morgan fingerprint density at radius 1 is 1.47 bits per heavy atom. The number of nitrogens with one attached hydrogen (secondary N) is 2. The predicted molar refractivity (Wildman–Crippen MR) is 61.7 cm³/mol. The summed E-state index contributed by atoms with van der Waals surface area (Å²) in [6.45, 7) is 4.47. The maximum atomic E-state index is 4.03. The summed E-state index contributed by atoms with van der Waals surface area (Å²) in [5.41, 5.74) is 1.32. The molecule has 1 aliphatic rings. The summed E-state index contributed by atoms with van der Waals surface area (Å²) >= 11 is 0. The zero-order valence-corrected chi connectivity index (χ0v) is 9.24. The fourth-order valence-corrected chi connectivity index (χ4v) is 2.10. The Morgan fingerprint density at radius 3 is 2.93 bits per heavy atom. The molecule has 1 fully saturated rings. The van der Waals surface area contributed by atoms with Crippen molar-refractivity contribution in [2.24, 2.45) is 0 Å².